The maximum atomic E-state index is 11.0. The van der Waals surface area contributed by atoms with E-state index in [2.05, 4.69) is 0 Å². The van der Waals surface area contributed by atoms with Crippen molar-refractivity contribution in [2.24, 2.45) is 0 Å². The number of carboxylic acids is 1. The van der Waals surface area contributed by atoms with Gasteiger partial charge in [0.25, 0.3) is 0 Å². The lowest BCUT2D eigenvalue weighted by atomic mass is 10.1. The van der Waals surface area contributed by atoms with E-state index in [0.29, 0.717) is 12.0 Å². The van der Waals surface area contributed by atoms with Gasteiger partial charge in [-0.2, -0.15) is 0 Å². The number of carbonyl (C=O) groups excluding carboxylic acids is 2. The summed E-state index contributed by atoms with van der Waals surface area (Å²) in [5, 5.41) is 8.77. The monoisotopic (exact) mass is 384 g/mol. The number of hydrogen-bond donors (Lipinski definition) is 1. The van der Waals surface area contributed by atoms with Gasteiger partial charge in [0.2, 0.25) is 0 Å². The molecule has 0 aliphatic heterocycles. The minimum atomic E-state index is -1.00. The average molecular weight is 384 g/mol. The highest BCUT2D eigenvalue weighted by Crippen LogP contribution is 2.06. The molecule has 5 heteroatoms. The van der Waals surface area contributed by atoms with E-state index in [9.17, 15) is 14.4 Å². The number of allylic oxidation sites excluding steroid dienone is 13. The van der Waals surface area contributed by atoms with Crippen LogP contribution in [0, 0.1) is 0 Å². The number of carboxylic acid groups (broad SMARTS) is 1. The lowest BCUT2D eigenvalue weighted by Gasteiger charge is -2.12. The van der Waals surface area contributed by atoms with Crippen molar-refractivity contribution >= 4 is 17.7 Å². The number of ether oxygens (including phenoxy) is 1. The Bertz CT molecular complexity index is 699. The van der Waals surface area contributed by atoms with E-state index in [1.165, 1.54) is 13.8 Å². The Balaban J connectivity index is 4.22. The van der Waals surface area contributed by atoms with E-state index in [0.717, 1.165) is 0 Å². The fraction of sp³-hybridized carbons (Fsp3) is 0.261. The van der Waals surface area contributed by atoms with Crippen molar-refractivity contribution in [1.82, 2.24) is 0 Å². The van der Waals surface area contributed by atoms with Gasteiger partial charge in [-0.05, 0) is 19.4 Å². The van der Waals surface area contributed by atoms with Crippen molar-refractivity contribution in [1.29, 1.82) is 0 Å². The van der Waals surface area contributed by atoms with Crippen LogP contribution in [-0.2, 0) is 19.1 Å². The SMILES string of the molecule is CC(=O)OC(CC=CC=CC=CC=CC=CC=CC=C(C)C(C)=O)CC(=O)O. The summed E-state index contributed by atoms with van der Waals surface area (Å²) >= 11 is 0. The molecule has 0 rings (SSSR count). The smallest absolute Gasteiger partial charge is 0.307 e. The van der Waals surface area contributed by atoms with Crippen molar-refractivity contribution < 1.29 is 24.2 Å². The summed E-state index contributed by atoms with van der Waals surface area (Å²) in [5.74, 6) is -1.43. The largest absolute Gasteiger partial charge is 0.481 e. The third-order valence-corrected chi connectivity index (χ3v) is 3.28. The molecule has 0 amide bonds. The number of Topliss-reactive ketones (excluding diaryl/α,β-unsaturated/α-hetero) is 1. The number of rotatable bonds is 12. The summed E-state index contributed by atoms with van der Waals surface area (Å²) in [6.07, 6.45) is 23.3. The van der Waals surface area contributed by atoms with Crippen molar-refractivity contribution in [2.75, 3.05) is 0 Å². The van der Waals surface area contributed by atoms with Crippen molar-refractivity contribution in [3.05, 3.63) is 84.6 Å². The Labute approximate surface area is 166 Å². The standard InChI is InChI=1S/C23H28O5/c1-19(20(2)24)16-14-12-10-8-6-4-5-7-9-11-13-15-17-22(18-23(26)27)28-21(3)25/h4-16,22H,17-18H2,1-3H3,(H,26,27). The first-order valence-electron chi connectivity index (χ1n) is 8.89. The molecule has 0 fully saturated rings. The lowest BCUT2D eigenvalue weighted by molar-refractivity contribution is -0.150. The Morgan fingerprint density at radius 3 is 1.68 bits per heavy atom. The summed E-state index contributed by atoms with van der Waals surface area (Å²) in [7, 11) is 0. The summed E-state index contributed by atoms with van der Waals surface area (Å²) in [4.78, 5) is 32.6. The quantitative estimate of drug-likeness (QED) is 0.301. The molecule has 0 spiro atoms. The average Bonchev–Trinajstić information content (AvgIpc) is 2.60. The van der Waals surface area contributed by atoms with Crippen molar-refractivity contribution in [3.63, 3.8) is 0 Å². The number of hydrogen-bond acceptors (Lipinski definition) is 4. The van der Waals surface area contributed by atoms with Crippen LogP contribution in [0.15, 0.2) is 84.6 Å². The van der Waals surface area contributed by atoms with Crippen LogP contribution in [0.4, 0.5) is 0 Å². The highest BCUT2D eigenvalue weighted by atomic mass is 16.5. The summed E-state index contributed by atoms with van der Waals surface area (Å²) in [5.41, 5.74) is 0.716. The van der Waals surface area contributed by atoms with Crippen LogP contribution in [0.1, 0.15) is 33.6 Å². The maximum Gasteiger partial charge on any atom is 0.307 e. The molecule has 0 aliphatic carbocycles. The number of esters is 1. The predicted octanol–water partition coefficient (Wildman–Crippen LogP) is 4.66. The molecule has 0 saturated heterocycles. The van der Waals surface area contributed by atoms with E-state index >= 15 is 0 Å². The van der Waals surface area contributed by atoms with E-state index < -0.39 is 18.0 Å². The van der Waals surface area contributed by atoms with Gasteiger partial charge in [-0.25, -0.2) is 0 Å². The fourth-order valence-corrected chi connectivity index (χ4v) is 1.81. The minimum absolute atomic E-state index is 0.0611. The first-order chi connectivity index (χ1) is 13.3. The second-order valence-electron chi connectivity index (χ2n) is 5.82. The third-order valence-electron chi connectivity index (χ3n) is 3.28. The maximum absolute atomic E-state index is 11.0. The Kier molecular flexibility index (Phi) is 14.2. The normalized spacial score (nSPS) is 14.3. The van der Waals surface area contributed by atoms with E-state index in [4.69, 9.17) is 9.84 Å². The van der Waals surface area contributed by atoms with Gasteiger partial charge >= 0.3 is 11.9 Å². The Morgan fingerprint density at radius 1 is 0.786 bits per heavy atom. The second-order valence-corrected chi connectivity index (χ2v) is 5.82. The third kappa shape index (κ3) is 16.3. The molecule has 28 heavy (non-hydrogen) atoms. The number of aliphatic carboxylic acids is 1. The second kappa shape index (κ2) is 16.0. The molecule has 0 aromatic rings. The summed E-state index contributed by atoms with van der Waals surface area (Å²) in [6, 6.07) is 0. The Morgan fingerprint density at radius 2 is 1.25 bits per heavy atom. The molecule has 150 valence electrons. The molecule has 0 radical (unpaired) electrons. The number of ketones is 1. The van der Waals surface area contributed by atoms with Gasteiger partial charge in [0, 0.05) is 13.3 Å². The van der Waals surface area contributed by atoms with Crippen LogP contribution in [0.3, 0.4) is 0 Å². The number of carbonyl (C=O) groups is 3. The fourth-order valence-electron chi connectivity index (χ4n) is 1.81. The van der Waals surface area contributed by atoms with Gasteiger partial charge in [0.05, 0.1) is 6.42 Å². The molecule has 1 unspecified atom stereocenters. The van der Waals surface area contributed by atoms with E-state index in [-0.39, 0.29) is 12.2 Å². The zero-order valence-electron chi connectivity index (χ0n) is 16.6. The molecule has 0 saturated carbocycles. The van der Waals surface area contributed by atoms with E-state index in [1.54, 1.807) is 31.2 Å². The summed E-state index contributed by atoms with van der Waals surface area (Å²) < 4.78 is 4.94. The predicted molar refractivity (Wildman–Crippen MR) is 112 cm³/mol. The lowest BCUT2D eigenvalue weighted by Crippen LogP contribution is -2.19. The summed E-state index contributed by atoms with van der Waals surface area (Å²) in [6.45, 7) is 4.57. The molecule has 0 aromatic heterocycles. The molecule has 0 aromatic carbocycles. The van der Waals surface area contributed by atoms with Gasteiger partial charge in [-0.3, -0.25) is 14.4 Å². The topological polar surface area (TPSA) is 80.7 Å². The molecular formula is C23H28O5. The van der Waals surface area contributed by atoms with Gasteiger partial charge in [0.1, 0.15) is 6.10 Å². The van der Waals surface area contributed by atoms with Gasteiger partial charge in [-0.15, -0.1) is 0 Å². The van der Waals surface area contributed by atoms with Crippen molar-refractivity contribution in [3.8, 4) is 0 Å². The van der Waals surface area contributed by atoms with Gasteiger partial charge < -0.3 is 9.84 Å². The minimum Gasteiger partial charge on any atom is -0.481 e. The molecule has 0 aliphatic rings. The molecule has 1 N–H and O–H groups in total. The first-order valence-corrected chi connectivity index (χ1v) is 8.89. The van der Waals surface area contributed by atoms with Crippen LogP contribution in [0.2, 0.25) is 0 Å². The molecule has 0 bridgehead atoms. The van der Waals surface area contributed by atoms with E-state index in [1.807, 2.05) is 54.7 Å². The van der Waals surface area contributed by atoms with Crippen molar-refractivity contribution in [2.45, 2.75) is 39.7 Å². The van der Waals surface area contributed by atoms with Crippen LogP contribution in [-0.4, -0.2) is 28.9 Å². The van der Waals surface area contributed by atoms with Crippen LogP contribution >= 0.6 is 0 Å². The molecule has 0 heterocycles. The highest BCUT2D eigenvalue weighted by molar-refractivity contribution is 5.92. The highest BCUT2D eigenvalue weighted by Gasteiger charge is 2.14. The molecular weight excluding hydrogens is 356 g/mol. The molecule has 5 nitrogen and oxygen atoms in total. The zero-order valence-corrected chi connectivity index (χ0v) is 16.6. The molecule has 1 atom stereocenters. The van der Waals surface area contributed by atoms with Crippen LogP contribution in [0.5, 0.6) is 0 Å². The van der Waals surface area contributed by atoms with Gasteiger partial charge in [-0.1, -0.05) is 79.0 Å². The van der Waals surface area contributed by atoms with Crippen LogP contribution < -0.4 is 0 Å². The van der Waals surface area contributed by atoms with Gasteiger partial charge in [0.15, 0.2) is 5.78 Å². The van der Waals surface area contributed by atoms with Crippen LogP contribution in [0.25, 0.3) is 0 Å². The first kappa shape index (κ1) is 24.8. The zero-order chi connectivity index (χ0) is 21.2. The Hall–Kier alpha value is -3.21.